The van der Waals surface area contributed by atoms with Gasteiger partial charge in [-0.15, -0.1) is 10.2 Å². The molecule has 3 rings (SSSR count). The molecule has 2 heterocycles. The molecule has 8 heteroatoms. The molecule has 1 fully saturated rings. The van der Waals surface area contributed by atoms with Gasteiger partial charge < -0.3 is 15.7 Å². The lowest BCUT2D eigenvalue weighted by molar-refractivity contribution is -0.142. The van der Waals surface area contributed by atoms with Crippen LogP contribution in [0.3, 0.4) is 0 Å². The fourth-order valence-electron chi connectivity index (χ4n) is 3.21. The second kappa shape index (κ2) is 7.08. The van der Waals surface area contributed by atoms with Gasteiger partial charge in [-0.25, -0.2) is 4.79 Å². The Labute approximate surface area is 145 Å². The smallest absolute Gasteiger partial charge is 0.319 e. The Morgan fingerprint density at radius 2 is 1.92 bits per heavy atom. The number of nitrogens with zero attached hydrogens (tertiary/aromatic N) is 3. The van der Waals surface area contributed by atoms with Gasteiger partial charge in [-0.1, -0.05) is 13.8 Å². The second-order valence-electron chi connectivity index (χ2n) is 6.84. The van der Waals surface area contributed by atoms with E-state index in [9.17, 15) is 9.59 Å². The number of hydrogen-bond acceptors (Lipinski definition) is 4. The molecule has 2 aromatic rings. The number of anilines is 1. The van der Waals surface area contributed by atoms with Crippen molar-refractivity contribution in [2.75, 3.05) is 5.32 Å². The maximum atomic E-state index is 12.2. The van der Waals surface area contributed by atoms with Gasteiger partial charge in [-0.2, -0.15) is 0 Å². The summed E-state index contributed by atoms with van der Waals surface area (Å²) >= 11 is 0. The normalized spacial score (nSPS) is 20.6. The van der Waals surface area contributed by atoms with Crippen molar-refractivity contribution >= 4 is 23.3 Å². The van der Waals surface area contributed by atoms with Crippen molar-refractivity contribution in [1.82, 2.24) is 19.9 Å². The molecule has 8 nitrogen and oxygen atoms in total. The SMILES string of the molecule is CC(C)c1nnc2ccc(NC(=O)NC3CCC(C(=O)O)CC3)cn12. The Morgan fingerprint density at radius 3 is 2.56 bits per heavy atom. The van der Waals surface area contributed by atoms with Gasteiger partial charge in [0.2, 0.25) is 0 Å². The average Bonchev–Trinajstić information content (AvgIpc) is 2.98. The largest absolute Gasteiger partial charge is 0.481 e. The Balaban J connectivity index is 1.60. The van der Waals surface area contributed by atoms with Crippen LogP contribution < -0.4 is 10.6 Å². The molecule has 0 spiro atoms. The van der Waals surface area contributed by atoms with E-state index in [4.69, 9.17) is 5.11 Å². The number of pyridine rings is 1. The molecule has 2 amide bonds. The number of rotatable bonds is 4. The number of carbonyl (C=O) groups excluding carboxylic acids is 1. The van der Waals surface area contributed by atoms with Gasteiger partial charge in [0.25, 0.3) is 0 Å². The highest BCUT2D eigenvalue weighted by atomic mass is 16.4. The Hall–Kier alpha value is -2.64. The molecular weight excluding hydrogens is 322 g/mol. The summed E-state index contributed by atoms with van der Waals surface area (Å²) in [6, 6.07) is 3.33. The monoisotopic (exact) mass is 345 g/mol. The van der Waals surface area contributed by atoms with Crippen LogP contribution in [-0.2, 0) is 4.79 Å². The van der Waals surface area contributed by atoms with Gasteiger partial charge in [-0.3, -0.25) is 9.20 Å². The van der Waals surface area contributed by atoms with Gasteiger partial charge in [0.15, 0.2) is 5.65 Å². The molecule has 25 heavy (non-hydrogen) atoms. The van der Waals surface area contributed by atoms with Crippen LogP contribution in [0.1, 0.15) is 51.3 Å². The maximum Gasteiger partial charge on any atom is 0.319 e. The van der Waals surface area contributed by atoms with Gasteiger partial charge >= 0.3 is 12.0 Å². The van der Waals surface area contributed by atoms with Crippen LogP contribution in [-0.4, -0.2) is 37.7 Å². The lowest BCUT2D eigenvalue weighted by atomic mass is 9.86. The number of carbonyl (C=O) groups is 2. The number of fused-ring (bicyclic) bond motifs is 1. The van der Waals surface area contributed by atoms with E-state index in [0.717, 1.165) is 11.5 Å². The van der Waals surface area contributed by atoms with E-state index in [1.165, 1.54) is 0 Å². The highest BCUT2D eigenvalue weighted by Gasteiger charge is 2.26. The molecular formula is C17H23N5O3. The van der Waals surface area contributed by atoms with Crippen LogP contribution in [0.15, 0.2) is 18.3 Å². The fraction of sp³-hybridized carbons (Fsp3) is 0.529. The van der Waals surface area contributed by atoms with Gasteiger partial charge in [0.05, 0.1) is 11.6 Å². The van der Waals surface area contributed by atoms with Crippen molar-refractivity contribution in [1.29, 1.82) is 0 Å². The minimum absolute atomic E-state index is 0.0143. The predicted molar refractivity (Wildman–Crippen MR) is 92.6 cm³/mol. The van der Waals surface area contributed by atoms with Crippen LogP contribution >= 0.6 is 0 Å². The summed E-state index contributed by atoms with van der Waals surface area (Å²) in [7, 11) is 0. The third-order valence-electron chi connectivity index (χ3n) is 4.61. The lowest BCUT2D eigenvalue weighted by Gasteiger charge is -2.26. The first-order valence-electron chi connectivity index (χ1n) is 8.59. The Kier molecular flexibility index (Phi) is 4.87. The molecule has 0 aliphatic heterocycles. The van der Waals surface area contributed by atoms with Crippen LogP contribution in [0.4, 0.5) is 10.5 Å². The van der Waals surface area contributed by atoms with Crippen molar-refractivity contribution in [3.63, 3.8) is 0 Å². The number of amides is 2. The van der Waals surface area contributed by atoms with Crippen LogP contribution in [0.25, 0.3) is 5.65 Å². The quantitative estimate of drug-likeness (QED) is 0.789. The molecule has 0 atom stereocenters. The molecule has 0 radical (unpaired) electrons. The lowest BCUT2D eigenvalue weighted by Crippen LogP contribution is -2.41. The van der Waals surface area contributed by atoms with Gasteiger partial charge in [0, 0.05) is 18.2 Å². The molecule has 134 valence electrons. The number of hydrogen-bond donors (Lipinski definition) is 3. The average molecular weight is 345 g/mol. The van der Waals surface area contributed by atoms with Crippen molar-refractivity contribution < 1.29 is 14.7 Å². The highest BCUT2D eigenvalue weighted by Crippen LogP contribution is 2.24. The topological polar surface area (TPSA) is 109 Å². The first kappa shape index (κ1) is 17.2. The Bertz CT molecular complexity index is 778. The third kappa shape index (κ3) is 3.89. The molecule has 0 bridgehead atoms. The number of urea groups is 1. The molecule has 0 saturated heterocycles. The van der Waals surface area contributed by atoms with Gasteiger partial charge in [-0.05, 0) is 37.8 Å². The van der Waals surface area contributed by atoms with Crippen molar-refractivity contribution in [3.05, 3.63) is 24.2 Å². The number of carboxylic acids is 1. The predicted octanol–water partition coefficient (Wildman–Crippen LogP) is 2.62. The number of nitrogens with one attached hydrogen (secondary N) is 2. The van der Waals surface area contributed by atoms with Crippen LogP contribution in [0.2, 0.25) is 0 Å². The van der Waals surface area contributed by atoms with Crippen LogP contribution in [0.5, 0.6) is 0 Å². The molecule has 0 aromatic carbocycles. The fourth-order valence-corrected chi connectivity index (χ4v) is 3.21. The van der Waals surface area contributed by atoms with E-state index in [1.54, 1.807) is 6.07 Å². The van der Waals surface area contributed by atoms with Gasteiger partial charge in [0.1, 0.15) is 5.82 Å². The zero-order chi connectivity index (χ0) is 18.0. The molecule has 1 saturated carbocycles. The first-order chi connectivity index (χ1) is 11.9. The zero-order valence-electron chi connectivity index (χ0n) is 14.4. The van der Waals surface area contributed by atoms with Crippen molar-refractivity contribution in [2.24, 2.45) is 5.92 Å². The third-order valence-corrected chi connectivity index (χ3v) is 4.61. The summed E-state index contributed by atoms with van der Waals surface area (Å²) in [5.74, 6) is 0.0346. The van der Waals surface area contributed by atoms with E-state index < -0.39 is 5.97 Å². The summed E-state index contributed by atoms with van der Waals surface area (Å²) in [5, 5.41) is 23.0. The molecule has 0 unspecified atom stereocenters. The molecule has 1 aliphatic carbocycles. The minimum Gasteiger partial charge on any atom is -0.481 e. The summed E-state index contributed by atoms with van der Waals surface area (Å²) < 4.78 is 1.87. The Morgan fingerprint density at radius 1 is 1.20 bits per heavy atom. The standard InChI is InChI=1S/C17H23N5O3/c1-10(2)15-21-20-14-8-7-13(9-22(14)15)19-17(25)18-12-5-3-11(4-6-12)16(23)24/h7-12H,3-6H2,1-2H3,(H,23,24)(H2,18,19,25). The summed E-state index contributed by atoms with van der Waals surface area (Å²) in [4.78, 5) is 23.2. The minimum atomic E-state index is -0.744. The second-order valence-corrected chi connectivity index (χ2v) is 6.84. The summed E-state index contributed by atoms with van der Waals surface area (Å²) in [6.45, 7) is 4.08. The highest BCUT2D eigenvalue weighted by molar-refractivity contribution is 5.89. The summed E-state index contributed by atoms with van der Waals surface area (Å²) in [6.07, 6.45) is 4.39. The summed E-state index contributed by atoms with van der Waals surface area (Å²) in [5.41, 5.74) is 1.40. The number of carboxylic acid groups (broad SMARTS) is 1. The van der Waals surface area contributed by atoms with E-state index in [0.29, 0.717) is 31.4 Å². The molecule has 3 N–H and O–H groups in total. The number of aromatic nitrogens is 3. The van der Waals surface area contributed by atoms with E-state index >= 15 is 0 Å². The van der Waals surface area contributed by atoms with Crippen molar-refractivity contribution in [2.45, 2.75) is 51.5 Å². The maximum absolute atomic E-state index is 12.2. The van der Waals surface area contributed by atoms with Crippen molar-refractivity contribution in [3.8, 4) is 0 Å². The number of aliphatic carboxylic acids is 1. The first-order valence-corrected chi connectivity index (χ1v) is 8.59. The van der Waals surface area contributed by atoms with Crippen LogP contribution in [0, 0.1) is 5.92 Å². The van der Waals surface area contributed by atoms with E-state index in [2.05, 4.69) is 20.8 Å². The molecule has 1 aliphatic rings. The molecule has 2 aromatic heterocycles. The zero-order valence-corrected chi connectivity index (χ0v) is 14.4. The van der Waals surface area contributed by atoms with E-state index in [-0.39, 0.29) is 23.9 Å². The van der Waals surface area contributed by atoms with E-state index in [1.807, 2.05) is 30.5 Å².